The van der Waals surface area contributed by atoms with Crippen molar-refractivity contribution in [3.63, 3.8) is 0 Å². The molecule has 0 unspecified atom stereocenters. The molecular formula is C10H15NO4S2. The monoisotopic (exact) mass is 277 g/mol. The molecule has 0 aromatic carbocycles. The fourth-order valence-electron chi connectivity index (χ4n) is 1.42. The quantitative estimate of drug-likeness (QED) is 0.856. The second kappa shape index (κ2) is 5.61. The molecule has 0 amide bonds. The van der Waals surface area contributed by atoms with Crippen LogP contribution in [0.1, 0.15) is 18.9 Å². The zero-order valence-electron chi connectivity index (χ0n) is 9.71. The second-order valence-electron chi connectivity index (χ2n) is 3.62. The van der Waals surface area contributed by atoms with Crippen LogP contribution in [0.5, 0.6) is 0 Å². The summed E-state index contributed by atoms with van der Waals surface area (Å²) in [6.45, 7) is 3.24. The number of aryl methyl sites for hydroxylation is 1. The molecule has 1 heterocycles. The summed E-state index contributed by atoms with van der Waals surface area (Å²) in [7, 11) is -3.67. The molecular weight excluding hydrogens is 262 g/mol. The van der Waals surface area contributed by atoms with Crippen molar-refractivity contribution >= 4 is 27.3 Å². The van der Waals surface area contributed by atoms with E-state index in [0.29, 0.717) is 12.0 Å². The van der Waals surface area contributed by atoms with Gasteiger partial charge in [0.25, 0.3) is 10.0 Å². The van der Waals surface area contributed by atoms with E-state index in [1.165, 1.54) is 0 Å². The van der Waals surface area contributed by atoms with E-state index >= 15 is 0 Å². The van der Waals surface area contributed by atoms with Crippen LogP contribution in [-0.4, -0.2) is 36.9 Å². The Morgan fingerprint density at radius 3 is 2.59 bits per heavy atom. The predicted octanol–water partition coefficient (Wildman–Crippen LogP) is 1.54. The Hall–Kier alpha value is -0.920. The maximum absolute atomic E-state index is 12.2. The maximum Gasteiger partial charge on any atom is 0.318 e. The van der Waals surface area contributed by atoms with E-state index in [1.807, 2.05) is 6.92 Å². The van der Waals surface area contributed by atoms with E-state index in [-0.39, 0.29) is 10.8 Å². The van der Waals surface area contributed by atoms with E-state index in [4.69, 9.17) is 5.11 Å². The van der Waals surface area contributed by atoms with Crippen LogP contribution in [0.25, 0.3) is 0 Å². The number of rotatable bonds is 6. The van der Waals surface area contributed by atoms with Crippen molar-refractivity contribution in [2.45, 2.75) is 24.5 Å². The smallest absolute Gasteiger partial charge is 0.318 e. The first-order chi connectivity index (χ1) is 7.89. The molecule has 0 aliphatic rings. The zero-order valence-corrected chi connectivity index (χ0v) is 11.3. The summed E-state index contributed by atoms with van der Waals surface area (Å²) < 4.78 is 25.7. The first-order valence-corrected chi connectivity index (χ1v) is 7.47. The molecule has 96 valence electrons. The highest BCUT2D eigenvalue weighted by Crippen LogP contribution is 2.25. The van der Waals surface area contributed by atoms with Gasteiger partial charge in [0.15, 0.2) is 0 Å². The van der Waals surface area contributed by atoms with E-state index in [1.54, 1.807) is 18.4 Å². The minimum absolute atomic E-state index is 0.214. The molecule has 1 N–H and O–H groups in total. The zero-order chi connectivity index (χ0) is 13.1. The van der Waals surface area contributed by atoms with Crippen LogP contribution in [0.3, 0.4) is 0 Å². The fourth-order valence-corrected chi connectivity index (χ4v) is 4.46. The average molecular weight is 277 g/mol. The molecule has 0 spiro atoms. The molecule has 0 aliphatic carbocycles. The Balaban J connectivity index is 3.08. The Morgan fingerprint density at radius 2 is 2.18 bits per heavy atom. The summed E-state index contributed by atoms with van der Waals surface area (Å²) in [6, 6.07) is 1.71. The Kier molecular flexibility index (Phi) is 4.67. The van der Waals surface area contributed by atoms with Gasteiger partial charge < -0.3 is 5.11 Å². The summed E-state index contributed by atoms with van der Waals surface area (Å²) in [5, 5.41) is 10.4. The lowest BCUT2D eigenvalue weighted by molar-refractivity contribution is -0.137. The fraction of sp³-hybridized carbons (Fsp3) is 0.500. The highest BCUT2D eigenvalue weighted by Gasteiger charge is 2.28. The molecule has 0 aliphatic heterocycles. The van der Waals surface area contributed by atoms with Gasteiger partial charge in [0.1, 0.15) is 10.8 Å². The number of thiophene rings is 1. The van der Waals surface area contributed by atoms with Crippen LogP contribution in [-0.2, 0) is 14.8 Å². The minimum Gasteiger partial charge on any atom is -0.480 e. The molecule has 1 aromatic heterocycles. The summed E-state index contributed by atoms with van der Waals surface area (Å²) in [6.07, 6.45) is 0.580. The van der Waals surface area contributed by atoms with Crippen LogP contribution in [0.2, 0.25) is 0 Å². The highest BCUT2D eigenvalue weighted by atomic mass is 32.2. The van der Waals surface area contributed by atoms with Gasteiger partial charge in [-0.1, -0.05) is 6.92 Å². The number of hydrogen-bond acceptors (Lipinski definition) is 4. The van der Waals surface area contributed by atoms with Crippen molar-refractivity contribution < 1.29 is 18.3 Å². The maximum atomic E-state index is 12.2. The number of nitrogens with zero attached hydrogens (tertiary/aromatic N) is 1. The molecule has 17 heavy (non-hydrogen) atoms. The largest absolute Gasteiger partial charge is 0.480 e. The van der Waals surface area contributed by atoms with Crippen molar-refractivity contribution in [1.82, 2.24) is 4.31 Å². The van der Waals surface area contributed by atoms with Gasteiger partial charge in [-0.05, 0) is 30.4 Å². The van der Waals surface area contributed by atoms with Crippen molar-refractivity contribution in [1.29, 1.82) is 0 Å². The van der Waals surface area contributed by atoms with Gasteiger partial charge in [-0.15, -0.1) is 11.3 Å². The Bertz CT molecular complexity index is 492. The van der Waals surface area contributed by atoms with Crippen molar-refractivity contribution in [3.8, 4) is 0 Å². The van der Waals surface area contributed by atoms with Gasteiger partial charge >= 0.3 is 5.97 Å². The first kappa shape index (κ1) is 14.1. The summed E-state index contributed by atoms with van der Waals surface area (Å²) in [5.41, 5.74) is 0.654. The summed E-state index contributed by atoms with van der Waals surface area (Å²) in [4.78, 5) is 10.7. The third kappa shape index (κ3) is 3.27. The number of sulfonamides is 1. The Labute approximate surface area is 105 Å². The summed E-state index contributed by atoms with van der Waals surface area (Å²) in [5.74, 6) is -1.14. The molecule has 0 atom stereocenters. The van der Waals surface area contributed by atoms with Crippen LogP contribution < -0.4 is 0 Å². The Morgan fingerprint density at radius 1 is 1.53 bits per heavy atom. The van der Waals surface area contributed by atoms with E-state index < -0.39 is 22.5 Å². The van der Waals surface area contributed by atoms with Gasteiger partial charge in [-0.25, -0.2) is 8.42 Å². The van der Waals surface area contributed by atoms with E-state index in [9.17, 15) is 13.2 Å². The van der Waals surface area contributed by atoms with Crippen LogP contribution in [0, 0.1) is 6.92 Å². The number of carboxylic acids is 1. The highest BCUT2D eigenvalue weighted by molar-refractivity contribution is 7.91. The standard InChI is InChI=1S/C10H15NO4S2/c1-3-5-11(7-9(12)13)17(14,15)10-8(2)4-6-16-10/h4,6H,3,5,7H2,1-2H3,(H,12,13). The third-order valence-electron chi connectivity index (χ3n) is 2.17. The first-order valence-electron chi connectivity index (χ1n) is 5.15. The lowest BCUT2D eigenvalue weighted by Crippen LogP contribution is -2.36. The molecule has 0 radical (unpaired) electrons. The second-order valence-corrected chi connectivity index (χ2v) is 6.67. The molecule has 5 nitrogen and oxygen atoms in total. The molecule has 7 heteroatoms. The van der Waals surface area contributed by atoms with Crippen molar-refractivity contribution in [3.05, 3.63) is 17.0 Å². The minimum atomic E-state index is -3.67. The molecule has 0 saturated heterocycles. The van der Waals surface area contributed by atoms with E-state index in [2.05, 4.69) is 0 Å². The number of carbonyl (C=O) groups is 1. The third-order valence-corrected chi connectivity index (χ3v) is 5.68. The molecule has 0 fully saturated rings. The molecule has 1 aromatic rings. The lowest BCUT2D eigenvalue weighted by atomic mass is 10.4. The van der Waals surface area contributed by atoms with Crippen molar-refractivity contribution in [2.24, 2.45) is 0 Å². The molecule has 0 saturated carbocycles. The van der Waals surface area contributed by atoms with Gasteiger partial charge in [-0.2, -0.15) is 4.31 Å². The van der Waals surface area contributed by atoms with Crippen LogP contribution in [0.15, 0.2) is 15.7 Å². The number of carboxylic acid groups (broad SMARTS) is 1. The normalized spacial score (nSPS) is 11.9. The van der Waals surface area contributed by atoms with Gasteiger partial charge in [0, 0.05) is 6.54 Å². The molecule has 1 rings (SSSR count). The van der Waals surface area contributed by atoms with Crippen LogP contribution >= 0.6 is 11.3 Å². The van der Waals surface area contributed by atoms with E-state index in [0.717, 1.165) is 15.6 Å². The van der Waals surface area contributed by atoms with Gasteiger partial charge in [0.2, 0.25) is 0 Å². The molecule has 0 bridgehead atoms. The predicted molar refractivity (Wildman–Crippen MR) is 65.7 cm³/mol. The SMILES string of the molecule is CCCN(CC(=O)O)S(=O)(=O)c1sccc1C. The average Bonchev–Trinajstić information content (AvgIpc) is 2.63. The van der Waals surface area contributed by atoms with Crippen molar-refractivity contribution in [2.75, 3.05) is 13.1 Å². The van der Waals surface area contributed by atoms with Gasteiger partial charge in [0.05, 0.1) is 0 Å². The number of aliphatic carboxylic acids is 1. The van der Waals surface area contributed by atoms with Gasteiger partial charge in [-0.3, -0.25) is 4.79 Å². The lowest BCUT2D eigenvalue weighted by Gasteiger charge is -2.19. The van der Waals surface area contributed by atoms with Crippen LogP contribution in [0.4, 0.5) is 0 Å². The number of hydrogen-bond donors (Lipinski definition) is 1. The topological polar surface area (TPSA) is 74.7 Å². The summed E-state index contributed by atoms with van der Waals surface area (Å²) >= 11 is 1.12.